The lowest BCUT2D eigenvalue weighted by molar-refractivity contribution is 0.397. The molecule has 0 amide bonds. The summed E-state index contributed by atoms with van der Waals surface area (Å²) in [5, 5.41) is 0. The van der Waals surface area contributed by atoms with Crippen molar-refractivity contribution < 1.29 is 13.2 Å². The Labute approximate surface area is 139 Å². The molecule has 9 heteroatoms. The second kappa shape index (κ2) is 6.29. The van der Waals surface area contributed by atoms with Crippen molar-refractivity contribution in [2.24, 2.45) is 0 Å². The van der Waals surface area contributed by atoms with Crippen LogP contribution in [0, 0.1) is 6.92 Å². The number of hydrogen-bond acceptors (Lipinski definition) is 5. The number of benzene rings is 1. The highest BCUT2D eigenvalue weighted by Gasteiger charge is 2.19. The van der Waals surface area contributed by atoms with Crippen LogP contribution in [0.5, 0.6) is 5.88 Å². The number of nitrogens with one attached hydrogen (secondary N) is 1. The molecule has 112 valence electrons. The molecule has 1 aromatic heterocycles. The monoisotopic (exact) mass is 435 g/mol. The average molecular weight is 437 g/mol. The first-order valence-electron chi connectivity index (χ1n) is 5.69. The van der Waals surface area contributed by atoms with E-state index in [1.54, 1.807) is 25.1 Å². The van der Waals surface area contributed by atoms with E-state index < -0.39 is 10.0 Å². The Morgan fingerprint density at radius 2 is 1.90 bits per heavy atom. The van der Waals surface area contributed by atoms with Gasteiger partial charge in [-0.2, -0.15) is 4.98 Å². The summed E-state index contributed by atoms with van der Waals surface area (Å²) in [6.45, 7) is 1.72. The lowest BCUT2D eigenvalue weighted by Crippen LogP contribution is -2.16. The zero-order valence-electron chi connectivity index (χ0n) is 11.1. The van der Waals surface area contributed by atoms with E-state index in [4.69, 9.17) is 4.74 Å². The molecule has 21 heavy (non-hydrogen) atoms. The number of ether oxygens (including phenoxy) is 1. The van der Waals surface area contributed by atoms with Gasteiger partial charge in [0.2, 0.25) is 11.8 Å². The summed E-state index contributed by atoms with van der Waals surface area (Å²) < 4.78 is 33.3. The molecule has 0 saturated carbocycles. The van der Waals surface area contributed by atoms with Gasteiger partial charge in [-0.15, -0.1) is 0 Å². The van der Waals surface area contributed by atoms with Crippen molar-refractivity contribution in [3.8, 4) is 5.88 Å². The predicted octanol–water partition coefficient (Wildman–Crippen LogP) is 3.12. The summed E-state index contributed by atoms with van der Waals surface area (Å²) in [7, 11) is -2.35. The number of sulfonamides is 1. The highest BCUT2D eigenvalue weighted by atomic mass is 79.9. The van der Waals surface area contributed by atoms with Crippen molar-refractivity contribution in [2.45, 2.75) is 11.8 Å². The van der Waals surface area contributed by atoms with E-state index in [1.807, 2.05) is 0 Å². The zero-order chi connectivity index (χ0) is 15.6. The standard InChI is InChI=1S/C12H11Br2N3O3S/c1-7-5-11(20-2)16-12(15-7)17-21(18,19)10-4-3-8(13)6-9(10)14/h3-6H,1-2H3,(H,15,16,17). The number of halogens is 2. The van der Waals surface area contributed by atoms with E-state index in [0.29, 0.717) is 10.2 Å². The number of nitrogens with zero attached hydrogens (tertiary/aromatic N) is 2. The maximum Gasteiger partial charge on any atom is 0.265 e. The Morgan fingerprint density at radius 3 is 2.52 bits per heavy atom. The SMILES string of the molecule is COc1cc(C)nc(NS(=O)(=O)c2ccc(Br)cc2Br)n1. The third-order valence-electron chi connectivity index (χ3n) is 2.45. The van der Waals surface area contributed by atoms with Gasteiger partial charge in [-0.05, 0) is 41.1 Å². The van der Waals surface area contributed by atoms with Crippen molar-refractivity contribution in [2.75, 3.05) is 11.8 Å². The highest BCUT2D eigenvalue weighted by molar-refractivity contribution is 9.11. The Balaban J connectivity index is 2.39. The van der Waals surface area contributed by atoms with Gasteiger partial charge < -0.3 is 4.74 Å². The lowest BCUT2D eigenvalue weighted by atomic mass is 10.4. The Morgan fingerprint density at radius 1 is 1.19 bits per heavy atom. The van der Waals surface area contributed by atoms with Crippen molar-refractivity contribution >= 4 is 47.8 Å². The predicted molar refractivity (Wildman–Crippen MR) is 86.0 cm³/mol. The largest absolute Gasteiger partial charge is 0.481 e. The van der Waals surface area contributed by atoms with E-state index in [1.165, 1.54) is 13.2 Å². The molecule has 0 atom stereocenters. The number of methoxy groups -OCH3 is 1. The van der Waals surface area contributed by atoms with Gasteiger partial charge in [-0.3, -0.25) is 0 Å². The van der Waals surface area contributed by atoms with Gasteiger partial charge in [-0.1, -0.05) is 15.9 Å². The quantitative estimate of drug-likeness (QED) is 0.796. The first-order valence-corrected chi connectivity index (χ1v) is 8.76. The van der Waals surface area contributed by atoms with Crippen LogP contribution >= 0.6 is 31.9 Å². The fourth-order valence-corrected chi connectivity index (χ4v) is 4.25. The van der Waals surface area contributed by atoms with E-state index in [9.17, 15) is 8.42 Å². The van der Waals surface area contributed by atoms with Gasteiger partial charge in [0.05, 0.1) is 7.11 Å². The maximum atomic E-state index is 12.4. The van der Waals surface area contributed by atoms with Gasteiger partial charge in [0, 0.05) is 20.7 Å². The van der Waals surface area contributed by atoms with Crippen LogP contribution in [0.4, 0.5) is 5.95 Å². The topological polar surface area (TPSA) is 81.2 Å². The molecule has 1 heterocycles. The van der Waals surface area contributed by atoms with Gasteiger partial charge >= 0.3 is 0 Å². The highest BCUT2D eigenvalue weighted by Crippen LogP contribution is 2.27. The fourth-order valence-electron chi connectivity index (χ4n) is 1.56. The molecular weight excluding hydrogens is 426 g/mol. The maximum absolute atomic E-state index is 12.4. The molecule has 0 aliphatic heterocycles. The number of aryl methyl sites for hydroxylation is 1. The second-order valence-corrected chi connectivity index (χ2v) is 7.48. The van der Waals surface area contributed by atoms with Crippen molar-refractivity contribution in [1.29, 1.82) is 0 Å². The van der Waals surface area contributed by atoms with Gasteiger partial charge in [0.1, 0.15) is 4.90 Å². The van der Waals surface area contributed by atoms with Gasteiger partial charge in [-0.25, -0.2) is 18.1 Å². The number of anilines is 1. The van der Waals surface area contributed by atoms with Crippen molar-refractivity contribution in [3.05, 3.63) is 38.9 Å². The molecule has 1 N–H and O–H groups in total. The summed E-state index contributed by atoms with van der Waals surface area (Å²) in [5.41, 5.74) is 0.592. The van der Waals surface area contributed by atoms with Gasteiger partial charge in [0.25, 0.3) is 10.0 Å². The molecule has 2 rings (SSSR count). The van der Waals surface area contributed by atoms with Crippen LogP contribution in [0.15, 0.2) is 38.1 Å². The third-order valence-corrected chi connectivity index (χ3v) is 5.25. The summed E-state index contributed by atoms with van der Waals surface area (Å²) >= 11 is 6.50. The van der Waals surface area contributed by atoms with Crippen LogP contribution in [0.25, 0.3) is 0 Å². The van der Waals surface area contributed by atoms with Crippen LogP contribution in [0.3, 0.4) is 0 Å². The Hall–Kier alpha value is -1.19. The molecule has 0 bridgehead atoms. The summed E-state index contributed by atoms with van der Waals surface area (Å²) in [4.78, 5) is 8.09. The first-order chi connectivity index (χ1) is 9.81. The van der Waals surface area contributed by atoms with Gasteiger partial charge in [0.15, 0.2) is 0 Å². The molecule has 0 unspecified atom stereocenters. The molecule has 0 aliphatic rings. The third kappa shape index (κ3) is 3.92. The number of hydrogen-bond donors (Lipinski definition) is 1. The molecule has 0 radical (unpaired) electrons. The molecule has 0 saturated heterocycles. The minimum absolute atomic E-state index is 0.0401. The fraction of sp³-hybridized carbons (Fsp3) is 0.167. The minimum atomic E-state index is -3.80. The molecule has 1 aromatic carbocycles. The number of aromatic nitrogens is 2. The van der Waals surface area contributed by atoms with Crippen LogP contribution in [-0.2, 0) is 10.0 Å². The summed E-state index contributed by atoms with van der Waals surface area (Å²) in [5.74, 6) is 0.247. The smallest absolute Gasteiger partial charge is 0.265 e. The molecule has 2 aromatic rings. The Bertz CT molecular complexity index is 781. The second-order valence-electron chi connectivity index (χ2n) is 4.06. The first kappa shape index (κ1) is 16.2. The van der Waals surface area contributed by atoms with Crippen LogP contribution < -0.4 is 9.46 Å². The van der Waals surface area contributed by atoms with Crippen LogP contribution in [0.2, 0.25) is 0 Å². The molecular formula is C12H11Br2N3O3S. The van der Waals surface area contributed by atoms with E-state index in [0.717, 1.165) is 4.47 Å². The van der Waals surface area contributed by atoms with Crippen LogP contribution in [0.1, 0.15) is 5.69 Å². The molecule has 0 spiro atoms. The minimum Gasteiger partial charge on any atom is -0.481 e. The Kier molecular flexibility index (Phi) is 4.84. The van der Waals surface area contributed by atoms with E-state index in [2.05, 4.69) is 46.5 Å². The van der Waals surface area contributed by atoms with Crippen molar-refractivity contribution in [1.82, 2.24) is 9.97 Å². The average Bonchev–Trinajstić information content (AvgIpc) is 2.36. The normalized spacial score (nSPS) is 11.2. The summed E-state index contributed by atoms with van der Waals surface area (Å²) in [6.07, 6.45) is 0. The lowest BCUT2D eigenvalue weighted by Gasteiger charge is -2.10. The molecule has 6 nitrogen and oxygen atoms in total. The summed E-state index contributed by atoms with van der Waals surface area (Å²) in [6, 6.07) is 6.36. The van der Waals surface area contributed by atoms with E-state index in [-0.39, 0.29) is 16.7 Å². The number of rotatable bonds is 4. The van der Waals surface area contributed by atoms with E-state index >= 15 is 0 Å². The molecule has 0 aliphatic carbocycles. The zero-order valence-corrected chi connectivity index (χ0v) is 15.1. The van der Waals surface area contributed by atoms with Crippen LogP contribution in [-0.4, -0.2) is 25.5 Å². The van der Waals surface area contributed by atoms with Crippen molar-refractivity contribution in [3.63, 3.8) is 0 Å². The molecule has 0 fully saturated rings.